The van der Waals surface area contributed by atoms with Gasteiger partial charge in [0.1, 0.15) is 11.5 Å². The van der Waals surface area contributed by atoms with E-state index >= 15 is 0 Å². The molecule has 31 heavy (non-hydrogen) atoms. The molecule has 0 N–H and O–H groups in total. The largest absolute Gasteiger partial charge is 0.497 e. The van der Waals surface area contributed by atoms with E-state index in [1.165, 1.54) is 0 Å². The van der Waals surface area contributed by atoms with Crippen LogP contribution in [0.2, 0.25) is 0 Å². The number of methoxy groups -OCH3 is 2. The van der Waals surface area contributed by atoms with Crippen molar-refractivity contribution < 1.29 is 14.3 Å². The molecular weight excluding hydrogens is 388 g/mol. The van der Waals surface area contributed by atoms with Gasteiger partial charge in [0, 0.05) is 44.2 Å². The predicted molar refractivity (Wildman–Crippen MR) is 123 cm³/mol. The molecule has 2 fully saturated rings. The highest BCUT2D eigenvalue weighted by Crippen LogP contribution is 2.32. The van der Waals surface area contributed by atoms with E-state index in [0.29, 0.717) is 30.8 Å². The third-order valence-corrected chi connectivity index (χ3v) is 6.54. The maximum absolute atomic E-state index is 12.7. The minimum Gasteiger partial charge on any atom is -0.497 e. The fraction of sp³-hybridized carbons (Fsp3) is 0.423. The zero-order chi connectivity index (χ0) is 21.6. The normalized spacial score (nSPS) is 21.9. The number of rotatable bonds is 7. The Bertz CT molecular complexity index is 909. The van der Waals surface area contributed by atoms with E-state index < -0.39 is 0 Å². The van der Waals surface area contributed by atoms with Gasteiger partial charge in [-0.25, -0.2) is 0 Å². The van der Waals surface area contributed by atoms with Crippen molar-refractivity contribution in [1.82, 2.24) is 9.80 Å². The average Bonchev–Trinajstić information content (AvgIpc) is 2.81. The van der Waals surface area contributed by atoms with Crippen LogP contribution < -0.4 is 9.47 Å². The number of nitrogens with zero attached hydrogens (tertiary/aromatic N) is 2. The Balaban J connectivity index is 1.36. The van der Waals surface area contributed by atoms with Crippen LogP contribution in [0.15, 0.2) is 54.6 Å². The first-order valence-corrected chi connectivity index (χ1v) is 11.1. The first-order chi connectivity index (χ1) is 15.2. The molecule has 164 valence electrons. The van der Waals surface area contributed by atoms with Crippen LogP contribution in [-0.2, 0) is 11.3 Å². The van der Waals surface area contributed by atoms with Gasteiger partial charge in [0.2, 0.25) is 5.91 Å². The number of ether oxygens (including phenoxy) is 2. The van der Waals surface area contributed by atoms with Gasteiger partial charge in [-0.05, 0) is 42.5 Å². The zero-order valence-electron chi connectivity index (χ0n) is 18.5. The fourth-order valence-electron chi connectivity index (χ4n) is 4.86. The van der Waals surface area contributed by atoms with Crippen molar-refractivity contribution in [3.8, 4) is 11.5 Å². The van der Waals surface area contributed by atoms with Gasteiger partial charge in [-0.2, -0.15) is 0 Å². The fourth-order valence-corrected chi connectivity index (χ4v) is 4.86. The van der Waals surface area contributed by atoms with Gasteiger partial charge in [0.15, 0.2) is 0 Å². The molecule has 0 bridgehead atoms. The molecule has 1 amide bonds. The third kappa shape index (κ3) is 5.10. The number of carbonyl (C=O) groups excluding carboxylic acids is 1. The standard InChI is InChI=1S/C26H32N2O3/c1-30-23-12-9-20(10-13-23)18-28-24-15-17-27(19-22(24)11-14-26(28)29)16-5-7-21-6-3-4-8-25(21)31-2/h3-10,12-13,22,24H,11,14-19H2,1-2H3/b7-5+/t22-,24+/m0/s1. The first kappa shape index (κ1) is 21.4. The number of benzene rings is 2. The van der Waals surface area contributed by atoms with E-state index in [4.69, 9.17) is 9.47 Å². The Kier molecular flexibility index (Phi) is 6.92. The van der Waals surface area contributed by atoms with Crippen LogP contribution in [0.25, 0.3) is 6.08 Å². The summed E-state index contributed by atoms with van der Waals surface area (Å²) in [5.41, 5.74) is 2.27. The molecule has 0 aromatic heterocycles. The highest BCUT2D eigenvalue weighted by atomic mass is 16.5. The van der Waals surface area contributed by atoms with E-state index in [0.717, 1.165) is 55.1 Å². The molecule has 2 heterocycles. The summed E-state index contributed by atoms with van der Waals surface area (Å²) in [6, 6.07) is 16.5. The van der Waals surface area contributed by atoms with E-state index in [2.05, 4.69) is 40.2 Å². The Morgan fingerprint density at radius 2 is 1.84 bits per heavy atom. The molecule has 2 aromatic rings. The molecule has 0 spiro atoms. The summed E-state index contributed by atoms with van der Waals surface area (Å²) in [6.45, 7) is 3.68. The van der Waals surface area contributed by atoms with Crippen molar-refractivity contribution in [2.45, 2.75) is 31.8 Å². The van der Waals surface area contributed by atoms with Crippen LogP contribution in [0.5, 0.6) is 11.5 Å². The summed E-state index contributed by atoms with van der Waals surface area (Å²) in [4.78, 5) is 17.3. The van der Waals surface area contributed by atoms with Gasteiger partial charge in [0.05, 0.1) is 14.2 Å². The Morgan fingerprint density at radius 3 is 2.61 bits per heavy atom. The van der Waals surface area contributed by atoms with Gasteiger partial charge in [-0.15, -0.1) is 0 Å². The number of likely N-dealkylation sites (tertiary alicyclic amines) is 2. The summed E-state index contributed by atoms with van der Waals surface area (Å²) in [6.07, 6.45) is 7.05. The third-order valence-electron chi connectivity index (χ3n) is 6.54. The predicted octanol–water partition coefficient (Wildman–Crippen LogP) is 4.23. The Labute approximate surface area is 185 Å². The van der Waals surface area contributed by atoms with Crippen molar-refractivity contribution in [1.29, 1.82) is 0 Å². The lowest BCUT2D eigenvalue weighted by molar-refractivity contribution is -0.141. The Hall–Kier alpha value is -2.79. The number of hydrogen-bond acceptors (Lipinski definition) is 4. The molecule has 0 unspecified atom stereocenters. The topological polar surface area (TPSA) is 42.0 Å². The molecule has 2 saturated heterocycles. The molecule has 2 aromatic carbocycles. The highest BCUT2D eigenvalue weighted by Gasteiger charge is 2.38. The number of carbonyl (C=O) groups is 1. The maximum Gasteiger partial charge on any atom is 0.223 e. The van der Waals surface area contributed by atoms with E-state index in [9.17, 15) is 4.79 Å². The second-order valence-corrected chi connectivity index (χ2v) is 8.43. The number of hydrogen-bond donors (Lipinski definition) is 0. The van der Waals surface area contributed by atoms with Gasteiger partial charge in [-0.1, -0.05) is 42.5 Å². The van der Waals surface area contributed by atoms with Crippen molar-refractivity contribution in [3.63, 3.8) is 0 Å². The number of amides is 1. The lowest BCUT2D eigenvalue weighted by Crippen LogP contribution is -2.55. The van der Waals surface area contributed by atoms with Crippen molar-refractivity contribution in [2.24, 2.45) is 5.92 Å². The highest BCUT2D eigenvalue weighted by molar-refractivity contribution is 5.77. The molecule has 2 aliphatic rings. The molecule has 0 radical (unpaired) electrons. The molecule has 0 saturated carbocycles. The summed E-state index contributed by atoms with van der Waals surface area (Å²) in [5.74, 6) is 2.59. The van der Waals surface area contributed by atoms with E-state index in [1.807, 2.05) is 30.3 Å². The smallest absolute Gasteiger partial charge is 0.223 e. The minimum absolute atomic E-state index is 0.293. The summed E-state index contributed by atoms with van der Waals surface area (Å²) in [7, 11) is 3.38. The molecule has 5 nitrogen and oxygen atoms in total. The van der Waals surface area contributed by atoms with Crippen molar-refractivity contribution in [2.75, 3.05) is 33.9 Å². The van der Waals surface area contributed by atoms with Crippen molar-refractivity contribution >= 4 is 12.0 Å². The van der Waals surface area contributed by atoms with Crippen LogP contribution in [0.1, 0.15) is 30.4 Å². The lowest BCUT2D eigenvalue weighted by atomic mass is 9.83. The van der Waals surface area contributed by atoms with Gasteiger partial charge in [0.25, 0.3) is 0 Å². The van der Waals surface area contributed by atoms with Gasteiger partial charge >= 0.3 is 0 Å². The molecule has 4 rings (SSSR count). The van der Waals surface area contributed by atoms with Crippen LogP contribution in [0, 0.1) is 5.92 Å². The summed E-state index contributed by atoms with van der Waals surface area (Å²) >= 11 is 0. The first-order valence-electron chi connectivity index (χ1n) is 11.1. The number of para-hydroxylation sites is 1. The monoisotopic (exact) mass is 420 g/mol. The molecule has 2 aliphatic heterocycles. The molecule has 0 aliphatic carbocycles. The lowest BCUT2D eigenvalue weighted by Gasteiger charge is -2.47. The SMILES string of the molecule is COc1ccc(CN2C(=O)CC[C@H]3CN(C/C=C/c4ccccc4OC)CC[C@H]32)cc1. The quantitative estimate of drug-likeness (QED) is 0.672. The number of piperidine rings is 2. The van der Waals surface area contributed by atoms with Crippen LogP contribution in [0.3, 0.4) is 0 Å². The van der Waals surface area contributed by atoms with E-state index in [-0.39, 0.29) is 0 Å². The van der Waals surface area contributed by atoms with Gasteiger partial charge < -0.3 is 14.4 Å². The average molecular weight is 421 g/mol. The van der Waals surface area contributed by atoms with Gasteiger partial charge in [-0.3, -0.25) is 9.69 Å². The molecule has 2 atom stereocenters. The summed E-state index contributed by atoms with van der Waals surface area (Å²) < 4.78 is 10.7. The number of fused-ring (bicyclic) bond motifs is 1. The minimum atomic E-state index is 0.293. The van der Waals surface area contributed by atoms with Crippen LogP contribution >= 0.6 is 0 Å². The van der Waals surface area contributed by atoms with Crippen LogP contribution in [0.4, 0.5) is 0 Å². The van der Waals surface area contributed by atoms with Crippen molar-refractivity contribution in [3.05, 3.63) is 65.7 Å². The second kappa shape index (κ2) is 10.0. The summed E-state index contributed by atoms with van der Waals surface area (Å²) in [5, 5.41) is 0. The van der Waals surface area contributed by atoms with Crippen LogP contribution in [-0.4, -0.2) is 55.6 Å². The Morgan fingerprint density at radius 1 is 1.03 bits per heavy atom. The van der Waals surface area contributed by atoms with E-state index in [1.54, 1.807) is 14.2 Å². The maximum atomic E-state index is 12.7. The molecule has 5 heteroatoms. The zero-order valence-corrected chi connectivity index (χ0v) is 18.5. The second-order valence-electron chi connectivity index (χ2n) is 8.43. The molecular formula is C26H32N2O3.